The monoisotopic (exact) mass is 466 g/mol. The molecule has 3 aromatic carbocycles. The summed E-state index contributed by atoms with van der Waals surface area (Å²) in [6.45, 7) is 1.99. The summed E-state index contributed by atoms with van der Waals surface area (Å²) in [5.41, 5.74) is 2.49. The van der Waals surface area contributed by atoms with E-state index < -0.39 is 5.54 Å². The number of carbonyl (C=O) groups excluding carboxylic acids is 1. The van der Waals surface area contributed by atoms with Gasteiger partial charge in [0.05, 0.1) is 15.7 Å². The quantitative estimate of drug-likeness (QED) is 0.378. The normalized spacial score (nSPS) is 17.7. The molecular formula is C25H20Cl2N2O3. The zero-order valence-corrected chi connectivity index (χ0v) is 18.7. The van der Waals surface area contributed by atoms with Crippen LogP contribution in [0.2, 0.25) is 10.0 Å². The van der Waals surface area contributed by atoms with Crippen molar-refractivity contribution >= 4 is 34.7 Å². The van der Waals surface area contributed by atoms with Gasteiger partial charge in [0.2, 0.25) is 0 Å². The first kappa shape index (κ1) is 22.1. The van der Waals surface area contributed by atoms with E-state index in [1.807, 2.05) is 6.92 Å². The van der Waals surface area contributed by atoms with Crippen molar-refractivity contribution in [3.8, 4) is 11.5 Å². The van der Waals surface area contributed by atoms with Gasteiger partial charge in [-0.2, -0.15) is 10.2 Å². The lowest BCUT2D eigenvalue weighted by Gasteiger charge is -2.28. The van der Waals surface area contributed by atoms with Crippen molar-refractivity contribution in [2.24, 2.45) is 10.2 Å². The van der Waals surface area contributed by atoms with Crippen LogP contribution in [-0.2, 0) is 5.54 Å². The van der Waals surface area contributed by atoms with E-state index in [0.717, 1.165) is 16.7 Å². The highest BCUT2D eigenvalue weighted by Gasteiger charge is 2.43. The minimum atomic E-state index is -1.03. The predicted octanol–water partition coefficient (Wildman–Crippen LogP) is 7.16. The van der Waals surface area contributed by atoms with Crippen LogP contribution in [0, 0.1) is 0 Å². The maximum atomic E-state index is 13.4. The van der Waals surface area contributed by atoms with Crippen LogP contribution < -0.4 is 0 Å². The Hall–Kier alpha value is -3.15. The number of phenols is 2. The molecule has 0 saturated heterocycles. The van der Waals surface area contributed by atoms with Crippen LogP contribution in [0.3, 0.4) is 0 Å². The van der Waals surface area contributed by atoms with Crippen molar-refractivity contribution in [1.29, 1.82) is 0 Å². The van der Waals surface area contributed by atoms with Crippen LogP contribution in [0.15, 0.2) is 82.5 Å². The van der Waals surface area contributed by atoms with Gasteiger partial charge >= 0.3 is 0 Å². The third-order valence-electron chi connectivity index (χ3n) is 5.60. The van der Waals surface area contributed by atoms with E-state index in [-0.39, 0.29) is 23.7 Å². The maximum Gasteiger partial charge on any atom is 0.166 e. The van der Waals surface area contributed by atoms with Gasteiger partial charge in [-0.1, -0.05) is 42.3 Å². The summed E-state index contributed by atoms with van der Waals surface area (Å²) in [5.74, 6) is 0.117. The second-order valence-electron chi connectivity index (χ2n) is 7.56. The molecule has 0 fully saturated rings. The van der Waals surface area contributed by atoms with Crippen LogP contribution >= 0.6 is 23.2 Å². The van der Waals surface area contributed by atoms with Gasteiger partial charge in [-0.3, -0.25) is 4.79 Å². The standard InChI is InChI=1S/C25H20Cl2N2O3/c1-2-20-24(15-3-8-18(30)9-4-15)28-29-25(20,17-6-10-19(31)11-7-17)14-23(32)16-5-12-21(26)22(27)13-16/h3-13,30-31H,2,14H2,1H3. The fraction of sp³-hybridized carbons (Fsp3) is 0.160. The Morgan fingerprint density at radius 1 is 0.906 bits per heavy atom. The minimum absolute atomic E-state index is 0.0317. The first-order valence-electron chi connectivity index (χ1n) is 10.1. The van der Waals surface area contributed by atoms with Gasteiger partial charge in [-0.15, -0.1) is 0 Å². The second kappa shape index (κ2) is 8.77. The Morgan fingerprint density at radius 3 is 2.12 bits per heavy atom. The molecule has 0 aromatic heterocycles. The summed E-state index contributed by atoms with van der Waals surface area (Å²) < 4.78 is 0. The zero-order valence-electron chi connectivity index (χ0n) is 17.2. The van der Waals surface area contributed by atoms with Crippen LogP contribution in [0.5, 0.6) is 11.5 Å². The van der Waals surface area contributed by atoms with Crippen molar-refractivity contribution in [3.05, 3.63) is 99.0 Å². The highest BCUT2D eigenvalue weighted by molar-refractivity contribution is 6.42. The number of ketones is 1. The number of nitrogens with zero attached hydrogens (tertiary/aromatic N) is 2. The number of carbonyl (C=O) groups is 1. The van der Waals surface area contributed by atoms with Gasteiger partial charge in [0.15, 0.2) is 5.78 Å². The van der Waals surface area contributed by atoms with E-state index in [4.69, 9.17) is 23.2 Å². The van der Waals surface area contributed by atoms with Crippen molar-refractivity contribution in [1.82, 2.24) is 0 Å². The van der Waals surface area contributed by atoms with Crippen LogP contribution in [0.4, 0.5) is 0 Å². The molecule has 1 aliphatic heterocycles. The number of hydrogen-bond donors (Lipinski definition) is 2. The van der Waals surface area contributed by atoms with Crippen LogP contribution in [-0.4, -0.2) is 16.0 Å². The largest absolute Gasteiger partial charge is 0.508 e. The molecule has 1 atom stereocenters. The molecule has 0 aliphatic carbocycles. The molecule has 4 rings (SSSR count). The van der Waals surface area contributed by atoms with E-state index in [2.05, 4.69) is 10.2 Å². The Kier molecular flexibility index (Phi) is 6.04. The average Bonchev–Trinajstić information content (AvgIpc) is 3.15. The molecule has 0 saturated carbocycles. The molecule has 0 radical (unpaired) electrons. The van der Waals surface area contributed by atoms with Crippen LogP contribution in [0.1, 0.15) is 41.3 Å². The van der Waals surface area contributed by atoms with Gasteiger partial charge in [0.25, 0.3) is 0 Å². The second-order valence-corrected chi connectivity index (χ2v) is 8.38. The van der Waals surface area contributed by atoms with Crippen molar-refractivity contribution < 1.29 is 15.0 Å². The topological polar surface area (TPSA) is 82.2 Å². The third kappa shape index (κ3) is 4.01. The van der Waals surface area contributed by atoms with Gasteiger partial charge in [0.1, 0.15) is 17.0 Å². The molecule has 32 heavy (non-hydrogen) atoms. The number of phenolic OH excluding ortho intramolecular Hbond substituents is 2. The summed E-state index contributed by atoms with van der Waals surface area (Å²) >= 11 is 12.1. The van der Waals surface area contributed by atoms with Gasteiger partial charge in [0, 0.05) is 17.5 Å². The highest BCUT2D eigenvalue weighted by Crippen LogP contribution is 2.49. The fourth-order valence-corrected chi connectivity index (χ4v) is 4.28. The lowest BCUT2D eigenvalue weighted by molar-refractivity contribution is 0.0958. The first-order chi connectivity index (χ1) is 15.3. The summed E-state index contributed by atoms with van der Waals surface area (Å²) in [6.07, 6.45) is 0.628. The van der Waals surface area contributed by atoms with E-state index in [0.29, 0.717) is 27.7 Å². The highest BCUT2D eigenvalue weighted by atomic mass is 35.5. The van der Waals surface area contributed by atoms with Crippen molar-refractivity contribution in [2.75, 3.05) is 0 Å². The number of hydrogen-bond acceptors (Lipinski definition) is 5. The first-order valence-corrected chi connectivity index (χ1v) is 10.8. The molecule has 3 aromatic rings. The molecule has 1 aliphatic rings. The summed E-state index contributed by atoms with van der Waals surface area (Å²) in [7, 11) is 0. The van der Waals surface area contributed by atoms with E-state index in [1.54, 1.807) is 66.7 Å². The molecule has 0 amide bonds. The molecule has 0 bridgehead atoms. The van der Waals surface area contributed by atoms with Crippen molar-refractivity contribution in [2.45, 2.75) is 25.3 Å². The number of aromatic hydroxyl groups is 2. The smallest absolute Gasteiger partial charge is 0.166 e. The molecule has 7 heteroatoms. The Morgan fingerprint density at radius 2 is 1.53 bits per heavy atom. The zero-order chi connectivity index (χ0) is 22.9. The van der Waals surface area contributed by atoms with Gasteiger partial charge < -0.3 is 10.2 Å². The molecule has 2 N–H and O–H groups in total. The van der Waals surface area contributed by atoms with Crippen LogP contribution in [0.25, 0.3) is 5.70 Å². The number of benzene rings is 3. The number of Topliss-reactive ketones (excluding diaryl/α,β-unsaturated/α-hetero) is 1. The Labute approximate surface area is 195 Å². The average molecular weight is 467 g/mol. The van der Waals surface area contributed by atoms with E-state index in [9.17, 15) is 15.0 Å². The molecule has 5 nitrogen and oxygen atoms in total. The third-order valence-corrected chi connectivity index (χ3v) is 6.34. The Bertz CT molecular complexity index is 1240. The summed E-state index contributed by atoms with van der Waals surface area (Å²) in [5, 5.41) is 29.2. The number of halogens is 2. The SMILES string of the molecule is CCC1=C(c2ccc(O)cc2)N=NC1(CC(=O)c1ccc(Cl)c(Cl)c1)c1ccc(O)cc1. The molecule has 0 spiro atoms. The van der Waals surface area contributed by atoms with Gasteiger partial charge in [-0.25, -0.2) is 0 Å². The summed E-state index contributed by atoms with van der Waals surface area (Å²) in [4.78, 5) is 13.4. The minimum Gasteiger partial charge on any atom is -0.508 e. The van der Waals surface area contributed by atoms with E-state index in [1.165, 1.54) is 0 Å². The van der Waals surface area contributed by atoms with E-state index >= 15 is 0 Å². The molecule has 1 heterocycles. The maximum absolute atomic E-state index is 13.4. The molecule has 162 valence electrons. The lowest BCUT2D eigenvalue weighted by atomic mass is 9.76. The number of rotatable bonds is 6. The molecule has 1 unspecified atom stereocenters. The Balaban J connectivity index is 1.84. The summed E-state index contributed by atoms with van der Waals surface area (Å²) in [6, 6.07) is 18.2. The van der Waals surface area contributed by atoms with Gasteiger partial charge in [-0.05, 0) is 72.2 Å². The lowest BCUT2D eigenvalue weighted by Crippen LogP contribution is -2.28. The fourth-order valence-electron chi connectivity index (χ4n) is 3.98. The van der Waals surface area contributed by atoms with Crippen molar-refractivity contribution in [3.63, 3.8) is 0 Å². The molecular weight excluding hydrogens is 447 g/mol. The number of azo groups is 1. The predicted molar refractivity (Wildman–Crippen MR) is 125 cm³/mol.